The lowest BCUT2D eigenvalue weighted by molar-refractivity contribution is -0.138. The number of hydrogen-bond acceptors (Lipinski definition) is 3. The first kappa shape index (κ1) is 19.8. The van der Waals surface area contributed by atoms with Crippen molar-refractivity contribution < 1.29 is 4.79 Å². The number of aryl methyl sites for hydroxylation is 1. The van der Waals surface area contributed by atoms with E-state index in [2.05, 4.69) is 58.7 Å². The summed E-state index contributed by atoms with van der Waals surface area (Å²) < 4.78 is 0. The van der Waals surface area contributed by atoms with Crippen molar-refractivity contribution in [3.63, 3.8) is 0 Å². The van der Waals surface area contributed by atoms with Crippen molar-refractivity contribution in [3.8, 4) is 0 Å². The Bertz CT molecular complexity index is 904. The molecule has 0 radical (unpaired) electrons. The predicted octanol–water partition coefficient (Wildman–Crippen LogP) is 3.35. The molecule has 0 saturated carbocycles. The Kier molecular flexibility index (Phi) is 5.38. The van der Waals surface area contributed by atoms with E-state index in [4.69, 9.17) is 5.73 Å². The van der Waals surface area contributed by atoms with E-state index in [-0.39, 0.29) is 11.3 Å². The number of rotatable bonds is 3. The van der Waals surface area contributed by atoms with Gasteiger partial charge in [0.25, 0.3) is 0 Å². The molecule has 0 bridgehead atoms. The largest absolute Gasteiger partial charge is 0.342 e. The molecular formula is C26H33N3O. The van der Waals surface area contributed by atoms with Crippen LogP contribution in [0.3, 0.4) is 0 Å². The zero-order chi connectivity index (χ0) is 20.6. The SMILES string of the molecule is NCc1ccc2c(c1)CCCC21CNCC1C(=O)N1CCC(c2ccccc2)CC1. The molecule has 2 aromatic carbocycles. The maximum atomic E-state index is 13.7. The van der Waals surface area contributed by atoms with Crippen molar-refractivity contribution in [1.29, 1.82) is 0 Å². The van der Waals surface area contributed by atoms with Crippen LogP contribution in [0.4, 0.5) is 0 Å². The molecule has 5 rings (SSSR count). The van der Waals surface area contributed by atoms with Gasteiger partial charge in [-0.2, -0.15) is 0 Å². The molecule has 1 spiro atoms. The maximum Gasteiger partial charge on any atom is 0.227 e. The summed E-state index contributed by atoms with van der Waals surface area (Å²) in [6, 6.07) is 17.5. The van der Waals surface area contributed by atoms with Gasteiger partial charge in [-0.3, -0.25) is 4.79 Å². The molecule has 2 saturated heterocycles. The van der Waals surface area contributed by atoms with Gasteiger partial charge in [0, 0.05) is 38.1 Å². The number of nitrogens with one attached hydrogen (secondary N) is 1. The first-order chi connectivity index (χ1) is 14.7. The molecular weight excluding hydrogens is 370 g/mol. The quantitative estimate of drug-likeness (QED) is 0.826. The highest BCUT2D eigenvalue weighted by molar-refractivity contribution is 5.82. The maximum absolute atomic E-state index is 13.7. The lowest BCUT2D eigenvalue weighted by atomic mass is 9.64. The van der Waals surface area contributed by atoms with Crippen LogP contribution in [0, 0.1) is 5.92 Å². The molecule has 3 N–H and O–H groups in total. The summed E-state index contributed by atoms with van der Waals surface area (Å²) in [4.78, 5) is 15.9. The summed E-state index contributed by atoms with van der Waals surface area (Å²) >= 11 is 0. The fourth-order valence-corrected chi connectivity index (χ4v) is 6.20. The molecule has 2 unspecified atom stereocenters. The third-order valence-corrected chi connectivity index (χ3v) is 7.84. The number of benzene rings is 2. The molecule has 3 aliphatic rings. The number of piperidine rings is 1. The van der Waals surface area contributed by atoms with Crippen LogP contribution in [0.5, 0.6) is 0 Å². The van der Waals surface area contributed by atoms with Gasteiger partial charge in [0.2, 0.25) is 5.91 Å². The van der Waals surface area contributed by atoms with E-state index in [1.807, 2.05) is 0 Å². The lowest BCUT2D eigenvalue weighted by Gasteiger charge is -2.42. The molecule has 2 aromatic rings. The Morgan fingerprint density at radius 2 is 1.93 bits per heavy atom. The summed E-state index contributed by atoms with van der Waals surface area (Å²) in [7, 11) is 0. The molecule has 30 heavy (non-hydrogen) atoms. The standard InChI is InChI=1S/C26H33N3O/c27-16-19-8-9-23-22(15-19)7-4-12-26(23)18-28-17-24(26)25(30)29-13-10-21(11-14-29)20-5-2-1-3-6-20/h1-3,5-6,8-9,15,21,24,28H,4,7,10-14,16-18,27H2. The Morgan fingerprint density at radius 3 is 2.70 bits per heavy atom. The Hall–Kier alpha value is -2.17. The van der Waals surface area contributed by atoms with Crippen LogP contribution in [-0.4, -0.2) is 37.0 Å². The van der Waals surface area contributed by atoms with Crippen molar-refractivity contribution in [3.05, 3.63) is 70.8 Å². The van der Waals surface area contributed by atoms with Gasteiger partial charge in [0.1, 0.15) is 0 Å². The highest BCUT2D eigenvalue weighted by Crippen LogP contribution is 2.46. The Labute approximate surface area is 179 Å². The second-order valence-corrected chi connectivity index (χ2v) is 9.40. The molecule has 0 aromatic heterocycles. The molecule has 2 aliphatic heterocycles. The average molecular weight is 404 g/mol. The smallest absolute Gasteiger partial charge is 0.227 e. The minimum absolute atomic E-state index is 0.0475. The van der Waals surface area contributed by atoms with Crippen LogP contribution in [0.25, 0.3) is 0 Å². The van der Waals surface area contributed by atoms with Crippen LogP contribution in [-0.2, 0) is 23.2 Å². The molecule has 2 fully saturated rings. The van der Waals surface area contributed by atoms with Crippen molar-refractivity contribution in [2.24, 2.45) is 11.7 Å². The van der Waals surface area contributed by atoms with Crippen LogP contribution in [0.2, 0.25) is 0 Å². The molecule has 4 nitrogen and oxygen atoms in total. The third kappa shape index (κ3) is 3.36. The van der Waals surface area contributed by atoms with Crippen LogP contribution < -0.4 is 11.1 Å². The van der Waals surface area contributed by atoms with Gasteiger partial charge in [0.05, 0.1) is 5.92 Å². The van der Waals surface area contributed by atoms with E-state index in [0.29, 0.717) is 18.4 Å². The van der Waals surface area contributed by atoms with E-state index in [1.54, 1.807) is 0 Å². The normalized spacial score (nSPS) is 26.7. The summed E-state index contributed by atoms with van der Waals surface area (Å²) in [5.74, 6) is 0.992. The lowest BCUT2D eigenvalue weighted by Crippen LogP contribution is -2.49. The summed E-state index contributed by atoms with van der Waals surface area (Å²) in [5.41, 5.74) is 11.3. The molecule has 1 aliphatic carbocycles. The zero-order valence-corrected chi connectivity index (χ0v) is 17.8. The number of hydrogen-bond donors (Lipinski definition) is 2. The Balaban J connectivity index is 1.35. The molecule has 1 amide bonds. The average Bonchev–Trinajstić information content (AvgIpc) is 3.23. The number of nitrogens with zero attached hydrogens (tertiary/aromatic N) is 1. The summed E-state index contributed by atoms with van der Waals surface area (Å²) in [5, 5.41) is 3.58. The number of amides is 1. The van der Waals surface area contributed by atoms with Crippen molar-refractivity contribution in [1.82, 2.24) is 10.2 Å². The van der Waals surface area contributed by atoms with Crippen LogP contribution in [0.1, 0.15) is 53.9 Å². The summed E-state index contributed by atoms with van der Waals surface area (Å²) in [6.07, 6.45) is 5.50. The second-order valence-electron chi connectivity index (χ2n) is 9.40. The zero-order valence-electron chi connectivity index (χ0n) is 17.8. The highest BCUT2D eigenvalue weighted by Gasteiger charge is 2.51. The van der Waals surface area contributed by atoms with Gasteiger partial charge in [-0.05, 0) is 60.3 Å². The molecule has 4 heteroatoms. The molecule has 2 atom stereocenters. The van der Waals surface area contributed by atoms with Crippen molar-refractivity contribution >= 4 is 5.91 Å². The van der Waals surface area contributed by atoms with E-state index in [0.717, 1.165) is 58.3 Å². The minimum Gasteiger partial charge on any atom is -0.342 e. The topological polar surface area (TPSA) is 58.4 Å². The van der Waals surface area contributed by atoms with Gasteiger partial charge in [-0.15, -0.1) is 0 Å². The first-order valence-corrected chi connectivity index (χ1v) is 11.6. The van der Waals surface area contributed by atoms with Gasteiger partial charge >= 0.3 is 0 Å². The van der Waals surface area contributed by atoms with Gasteiger partial charge in [-0.25, -0.2) is 0 Å². The van der Waals surface area contributed by atoms with Gasteiger partial charge < -0.3 is 16.0 Å². The number of carbonyl (C=O) groups is 1. The van der Waals surface area contributed by atoms with Gasteiger partial charge in [-0.1, -0.05) is 48.5 Å². The monoisotopic (exact) mass is 403 g/mol. The number of nitrogens with two attached hydrogens (primary N) is 1. The summed E-state index contributed by atoms with van der Waals surface area (Å²) in [6.45, 7) is 4.06. The van der Waals surface area contributed by atoms with E-state index >= 15 is 0 Å². The Morgan fingerprint density at radius 1 is 1.13 bits per heavy atom. The van der Waals surface area contributed by atoms with E-state index < -0.39 is 0 Å². The third-order valence-electron chi connectivity index (χ3n) is 7.84. The number of carbonyl (C=O) groups excluding carboxylic acids is 1. The van der Waals surface area contributed by atoms with Crippen LogP contribution in [0.15, 0.2) is 48.5 Å². The molecule has 2 heterocycles. The van der Waals surface area contributed by atoms with E-state index in [1.165, 1.54) is 22.3 Å². The van der Waals surface area contributed by atoms with E-state index in [9.17, 15) is 4.79 Å². The van der Waals surface area contributed by atoms with Gasteiger partial charge in [0.15, 0.2) is 0 Å². The number of likely N-dealkylation sites (tertiary alicyclic amines) is 1. The van der Waals surface area contributed by atoms with Crippen LogP contribution >= 0.6 is 0 Å². The fraction of sp³-hybridized carbons (Fsp3) is 0.500. The van der Waals surface area contributed by atoms with Crippen molar-refractivity contribution in [2.75, 3.05) is 26.2 Å². The molecule has 158 valence electrons. The first-order valence-electron chi connectivity index (χ1n) is 11.6. The highest BCUT2D eigenvalue weighted by atomic mass is 16.2. The van der Waals surface area contributed by atoms with Crippen molar-refractivity contribution in [2.45, 2.75) is 50.0 Å². The second kappa shape index (κ2) is 8.16. The fourth-order valence-electron chi connectivity index (χ4n) is 6.20. The predicted molar refractivity (Wildman–Crippen MR) is 120 cm³/mol. The number of fused-ring (bicyclic) bond motifs is 2. The minimum atomic E-state index is -0.0475.